The van der Waals surface area contributed by atoms with Gasteiger partial charge in [-0.15, -0.1) is 0 Å². The van der Waals surface area contributed by atoms with Crippen molar-refractivity contribution < 1.29 is 4.74 Å². The molecule has 0 spiro atoms. The van der Waals surface area contributed by atoms with Gasteiger partial charge < -0.3 is 10.1 Å². The molecule has 1 N–H and O–H groups in total. The maximum Gasteiger partial charge on any atom is 0.0591 e. The summed E-state index contributed by atoms with van der Waals surface area (Å²) in [6, 6.07) is 8.75. The average Bonchev–Trinajstić information content (AvgIpc) is 2.84. The summed E-state index contributed by atoms with van der Waals surface area (Å²) in [6.45, 7) is 9.62. The van der Waals surface area contributed by atoms with E-state index in [0.717, 1.165) is 39.4 Å². The lowest BCUT2D eigenvalue weighted by Crippen LogP contribution is -2.30. The van der Waals surface area contributed by atoms with Gasteiger partial charge in [0.1, 0.15) is 0 Å². The summed E-state index contributed by atoms with van der Waals surface area (Å²) >= 11 is 0. The summed E-state index contributed by atoms with van der Waals surface area (Å²) in [5.41, 5.74) is 3.04. The monoisotopic (exact) mass is 248 g/mol. The van der Waals surface area contributed by atoms with Gasteiger partial charge >= 0.3 is 0 Å². The Bertz CT molecular complexity index is 314. The molecule has 1 aromatic carbocycles. The highest BCUT2D eigenvalue weighted by molar-refractivity contribution is 5.30. The van der Waals surface area contributed by atoms with Crippen LogP contribution >= 0.6 is 0 Å². The van der Waals surface area contributed by atoms with Gasteiger partial charge in [0.05, 0.1) is 13.2 Å². The largest absolute Gasteiger partial charge is 0.379 e. The molecule has 1 saturated heterocycles. The highest BCUT2D eigenvalue weighted by Crippen LogP contribution is 2.21. The second kappa shape index (κ2) is 7.52. The van der Waals surface area contributed by atoms with Crippen molar-refractivity contribution in [2.24, 2.45) is 0 Å². The molecule has 0 radical (unpaired) electrons. The zero-order valence-electron chi connectivity index (χ0n) is 11.3. The SMILES string of the molecule is C1COCCN1.CCCN1Cc2ccccc2C1. The fourth-order valence-corrected chi connectivity index (χ4v) is 2.39. The van der Waals surface area contributed by atoms with Crippen molar-refractivity contribution in [2.75, 3.05) is 32.8 Å². The number of nitrogens with zero attached hydrogens (tertiary/aromatic N) is 1. The molecule has 3 rings (SSSR count). The Morgan fingerprint density at radius 2 is 1.72 bits per heavy atom. The molecule has 18 heavy (non-hydrogen) atoms. The fraction of sp³-hybridized carbons (Fsp3) is 0.600. The number of benzene rings is 1. The van der Waals surface area contributed by atoms with Crippen LogP contribution in [-0.4, -0.2) is 37.7 Å². The highest BCUT2D eigenvalue weighted by atomic mass is 16.5. The lowest BCUT2D eigenvalue weighted by molar-refractivity contribution is 0.109. The van der Waals surface area contributed by atoms with Gasteiger partial charge in [0.15, 0.2) is 0 Å². The summed E-state index contributed by atoms with van der Waals surface area (Å²) in [5, 5.41) is 3.16. The number of nitrogens with one attached hydrogen (secondary N) is 1. The molecule has 0 aliphatic carbocycles. The van der Waals surface area contributed by atoms with Gasteiger partial charge in [-0.3, -0.25) is 4.90 Å². The normalized spacial score (nSPS) is 18.9. The Labute approximate surface area is 110 Å². The van der Waals surface area contributed by atoms with Gasteiger partial charge in [0.25, 0.3) is 0 Å². The van der Waals surface area contributed by atoms with Crippen LogP contribution in [0.25, 0.3) is 0 Å². The van der Waals surface area contributed by atoms with E-state index in [1.807, 2.05) is 0 Å². The van der Waals surface area contributed by atoms with Crippen molar-refractivity contribution in [1.29, 1.82) is 0 Å². The summed E-state index contributed by atoms with van der Waals surface area (Å²) in [7, 11) is 0. The van der Waals surface area contributed by atoms with Gasteiger partial charge in [0.2, 0.25) is 0 Å². The number of morpholine rings is 1. The highest BCUT2D eigenvalue weighted by Gasteiger charge is 2.16. The van der Waals surface area contributed by atoms with Crippen molar-refractivity contribution in [2.45, 2.75) is 26.4 Å². The molecule has 1 aromatic rings. The Balaban J connectivity index is 0.000000169. The maximum atomic E-state index is 5.01. The van der Waals surface area contributed by atoms with Crippen LogP contribution in [-0.2, 0) is 17.8 Å². The van der Waals surface area contributed by atoms with Crippen LogP contribution in [0.3, 0.4) is 0 Å². The summed E-state index contributed by atoms with van der Waals surface area (Å²) in [4.78, 5) is 2.50. The number of fused-ring (bicyclic) bond motifs is 1. The van der Waals surface area contributed by atoms with E-state index in [4.69, 9.17) is 4.74 Å². The molecule has 3 heteroatoms. The first-order valence-electron chi connectivity index (χ1n) is 6.97. The number of hydrogen-bond acceptors (Lipinski definition) is 3. The predicted molar refractivity (Wildman–Crippen MR) is 74.5 cm³/mol. The van der Waals surface area contributed by atoms with Gasteiger partial charge in [-0.1, -0.05) is 31.2 Å². The zero-order valence-corrected chi connectivity index (χ0v) is 11.3. The quantitative estimate of drug-likeness (QED) is 0.866. The first-order valence-corrected chi connectivity index (χ1v) is 6.97. The molecule has 0 unspecified atom stereocenters. The molecule has 0 saturated carbocycles. The molecule has 2 aliphatic heterocycles. The summed E-state index contributed by atoms with van der Waals surface area (Å²) in [6.07, 6.45) is 1.26. The smallest absolute Gasteiger partial charge is 0.0591 e. The number of rotatable bonds is 2. The minimum absolute atomic E-state index is 0.889. The van der Waals surface area contributed by atoms with Crippen molar-refractivity contribution in [3.05, 3.63) is 35.4 Å². The lowest BCUT2D eigenvalue weighted by Gasteiger charge is -2.11. The molecule has 1 fully saturated rings. The second-order valence-corrected chi connectivity index (χ2v) is 4.84. The third-order valence-electron chi connectivity index (χ3n) is 3.29. The molecule has 2 aliphatic rings. The molecule has 0 atom stereocenters. The molecule has 100 valence electrons. The van der Waals surface area contributed by atoms with Crippen LogP contribution in [0.2, 0.25) is 0 Å². The van der Waals surface area contributed by atoms with Gasteiger partial charge in [0, 0.05) is 26.2 Å². The third kappa shape index (κ3) is 4.09. The molecular weight excluding hydrogens is 224 g/mol. The Morgan fingerprint density at radius 1 is 1.11 bits per heavy atom. The molecule has 2 heterocycles. The second-order valence-electron chi connectivity index (χ2n) is 4.84. The van der Waals surface area contributed by atoms with E-state index in [2.05, 4.69) is 41.4 Å². The van der Waals surface area contributed by atoms with E-state index in [0.29, 0.717) is 0 Å². The minimum atomic E-state index is 0.889. The van der Waals surface area contributed by atoms with E-state index < -0.39 is 0 Å². The van der Waals surface area contributed by atoms with Crippen molar-refractivity contribution in [3.63, 3.8) is 0 Å². The van der Waals surface area contributed by atoms with Crippen LogP contribution < -0.4 is 5.32 Å². The first-order chi connectivity index (χ1) is 8.90. The fourth-order valence-electron chi connectivity index (χ4n) is 2.39. The van der Waals surface area contributed by atoms with Crippen molar-refractivity contribution >= 4 is 0 Å². The Kier molecular flexibility index (Phi) is 5.65. The van der Waals surface area contributed by atoms with Crippen LogP contribution in [0.5, 0.6) is 0 Å². The van der Waals surface area contributed by atoms with Crippen LogP contribution in [0.15, 0.2) is 24.3 Å². The standard InChI is InChI=1S/C11H15N.C4H9NO/c1-2-7-12-8-10-5-3-4-6-11(10)9-12;1-3-6-4-2-5-1/h3-6H,2,7-9H2,1H3;5H,1-4H2. The van der Waals surface area contributed by atoms with E-state index in [1.165, 1.54) is 24.1 Å². The third-order valence-corrected chi connectivity index (χ3v) is 3.29. The molecule has 0 bridgehead atoms. The van der Waals surface area contributed by atoms with Gasteiger partial charge in [-0.2, -0.15) is 0 Å². The zero-order chi connectivity index (χ0) is 12.6. The van der Waals surface area contributed by atoms with E-state index in [9.17, 15) is 0 Å². The minimum Gasteiger partial charge on any atom is -0.379 e. The van der Waals surface area contributed by atoms with E-state index >= 15 is 0 Å². The topological polar surface area (TPSA) is 24.5 Å². The van der Waals surface area contributed by atoms with Crippen LogP contribution in [0.4, 0.5) is 0 Å². The number of ether oxygens (including phenoxy) is 1. The molecule has 0 aromatic heterocycles. The average molecular weight is 248 g/mol. The maximum absolute atomic E-state index is 5.01. The van der Waals surface area contributed by atoms with Crippen LogP contribution in [0.1, 0.15) is 24.5 Å². The lowest BCUT2D eigenvalue weighted by atomic mass is 10.1. The Morgan fingerprint density at radius 3 is 2.11 bits per heavy atom. The van der Waals surface area contributed by atoms with E-state index in [-0.39, 0.29) is 0 Å². The molecule has 3 nitrogen and oxygen atoms in total. The van der Waals surface area contributed by atoms with Gasteiger partial charge in [-0.25, -0.2) is 0 Å². The summed E-state index contributed by atoms with van der Waals surface area (Å²) in [5.74, 6) is 0. The van der Waals surface area contributed by atoms with E-state index in [1.54, 1.807) is 0 Å². The van der Waals surface area contributed by atoms with Crippen molar-refractivity contribution in [1.82, 2.24) is 10.2 Å². The number of hydrogen-bond donors (Lipinski definition) is 1. The van der Waals surface area contributed by atoms with Crippen LogP contribution in [0, 0.1) is 0 Å². The predicted octanol–water partition coefficient (Wildman–Crippen LogP) is 2.02. The molecular formula is C15H24N2O. The molecule has 0 amide bonds. The van der Waals surface area contributed by atoms with Crippen molar-refractivity contribution in [3.8, 4) is 0 Å². The van der Waals surface area contributed by atoms with Gasteiger partial charge in [-0.05, 0) is 24.1 Å². The summed E-state index contributed by atoms with van der Waals surface area (Å²) < 4.78 is 5.01. The Hall–Kier alpha value is -0.900. The first kappa shape index (κ1) is 13.5.